The first-order chi connectivity index (χ1) is 17.1. The molecular formula is C27H30FN3O4S. The van der Waals surface area contributed by atoms with Crippen molar-refractivity contribution in [2.75, 3.05) is 17.4 Å². The number of benzene rings is 3. The zero-order valence-corrected chi connectivity index (χ0v) is 21.3. The molecular weight excluding hydrogens is 481 g/mol. The number of aryl methyl sites for hydroxylation is 1. The lowest BCUT2D eigenvalue weighted by Crippen LogP contribution is -2.51. The maximum atomic E-state index is 13.7. The van der Waals surface area contributed by atoms with Gasteiger partial charge in [-0.25, -0.2) is 12.8 Å². The van der Waals surface area contributed by atoms with Crippen LogP contribution in [0.5, 0.6) is 0 Å². The number of hydrogen-bond acceptors (Lipinski definition) is 4. The summed E-state index contributed by atoms with van der Waals surface area (Å²) in [5.74, 6) is -1.45. The lowest BCUT2D eigenvalue weighted by molar-refractivity contribution is -0.139. The Morgan fingerprint density at radius 3 is 2.25 bits per heavy atom. The number of nitrogens with one attached hydrogen (secondary N) is 1. The van der Waals surface area contributed by atoms with Crippen LogP contribution in [0.1, 0.15) is 25.0 Å². The summed E-state index contributed by atoms with van der Waals surface area (Å²) in [5.41, 5.74) is 1.93. The number of anilines is 1. The second-order valence-corrected chi connectivity index (χ2v) is 10.2. The van der Waals surface area contributed by atoms with E-state index in [-0.39, 0.29) is 23.0 Å². The lowest BCUT2D eigenvalue weighted by Gasteiger charge is -2.32. The first-order valence-corrected chi connectivity index (χ1v) is 13.0. The van der Waals surface area contributed by atoms with Crippen LogP contribution in [0.25, 0.3) is 0 Å². The van der Waals surface area contributed by atoms with Crippen molar-refractivity contribution in [2.45, 2.75) is 38.3 Å². The number of hydrogen-bond donors (Lipinski definition) is 1. The Balaban J connectivity index is 2.01. The van der Waals surface area contributed by atoms with Crippen LogP contribution in [0.3, 0.4) is 0 Å². The lowest BCUT2D eigenvalue weighted by atomic mass is 10.1. The molecule has 1 atom stereocenters. The van der Waals surface area contributed by atoms with E-state index in [9.17, 15) is 22.4 Å². The zero-order valence-electron chi connectivity index (χ0n) is 20.5. The highest BCUT2D eigenvalue weighted by Crippen LogP contribution is 2.25. The Bertz CT molecular complexity index is 1300. The van der Waals surface area contributed by atoms with E-state index in [0.29, 0.717) is 6.54 Å². The van der Waals surface area contributed by atoms with Crippen molar-refractivity contribution in [3.8, 4) is 0 Å². The molecule has 3 aromatic carbocycles. The summed E-state index contributed by atoms with van der Waals surface area (Å²) in [5, 5.41) is 2.72. The highest BCUT2D eigenvalue weighted by atomic mass is 32.2. The molecule has 0 spiro atoms. The minimum Gasteiger partial charge on any atom is -0.355 e. The normalized spacial score (nSPS) is 12.0. The van der Waals surface area contributed by atoms with Gasteiger partial charge in [0.1, 0.15) is 18.4 Å². The van der Waals surface area contributed by atoms with Gasteiger partial charge in [0.25, 0.3) is 10.0 Å². The third-order valence-corrected chi connectivity index (χ3v) is 7.47. The largest absolute Gasteiger partial charge is 0.355 e. The molecule has 36 heavy (non-hydrogen) atoms. The highest BCUT2D eigenvalue weighted by Gasteiger charge is 2.32. The SMILES string of the molecule is CCNC(=O)C(C)N(Cc1cccc(C)c1)C(=O)CN(c1ccc(F)cc1)S(=O)(=O)c1ccccc1. The molecule has 0 aromatic heterocycles. The number of carbonyl (C=O) groups excluding carboxylic acids is 2. The highest BCUT2D eigenvalue weighted by molar-refractivity contribution is 7.92. The van der Waals surface area contributed by atoms with Crippen LogP contribution < -0.4 is 9.62 Å². The Labute approximate surface area is 211 Å². The van der Waals surface area contributed by atoms with E-state index in [4.69, 9.17) is 0 Å². The quantitative estimate of drug-likeness (QED) is 0.448. The Morgan fingerprint density at radius 1 is 0.972 bits per heavy atom. The van der Waals surface area contributed by atoms with Gasteiger partial charge in [-0.3, -0.25) is 13.9 Å². The Kier molecular flexibility index (Phi) is 8.82. The Hall–Kier alpha value is -3.72. The molecule has 0 aliphatic heterocycles. The van der Waals surface area contributed by atoms with Gasteiger partial charge < -0.3 is 10.2 Å². The molecule has 1 N–H and O–H groups in total. The molecule has 0 heterocycles. The number of amides is 2. The molecule has 3 rings (SSSR count). The average molecular weight is 512 g/mol. The summed E-state index contributed by atoms with van der Waals surface area (Å²) in [6, 6.07) is 19.3. The fourth-order valence-corrected chi connectivity index (χ4v) is 5.20. The van der Waals surface area contributed by atoms with Gasteiger partial charge in [-0.05, 0) is 62.7 Å². The van der Waals surface area contributed by atoms with E-state index < -0.39 is 34.3 Å². The van der Waals surface area contributed by atoms with E-state index in [2.05, 4.69) is 5.32 Å². The molecule has 2 amide bonds. The maximum absolute atomic E-state index is 13.7. The summed E-state index contributed by atoms with van der Waals surface area (Å²) in [6.45, 7) is 5.23. The molecule has 190 valence electrons. The molecule has 0 radical (unpaired) electrons. The van der Waals surface area contributed by atoms with Gasteiger partial charge in [0.15, 0.2) is 0 Å². The fraction of sp³-hybridized carbons (Fsp3) is 0.259. The smallest absolute Gasteiger partial charge is 0.264 e. The van der Waals surface area contributed by atoms with Gasteiger partial charge in [-0.15, -0.1) is 0 Å². The first-order valence-electron chi connectivity index (χ1n) is 11.6. The van der Waals surface area contributed by atoms with Gasteiger partial charge in [-0.1, -0.05) is 48.0 Å². The molecule has 0 bridgehead atoms. The summed E-state index contributed by atoms with van der Waals surface area (Å²) in [6.07, 6.45) is 0. The number of carbonyl (C=O) groups is 2. The summed E-state index contributed by atoms with van der Waals surface area (Å²) >= 11 is 0. The van der Waals surface area contributed by atoms with Gasteiger partial charge >= 0.3 is 0 Å². The molecule has 1 unspecified atom stereocenters. The van der Waals surface area contributed by atoms with Crippen LogP contribution in [0.2, 0.25) is 0 Å². The third-order valence-electron chi connectivity index (χ3n) is 5.68. The monoisotopic (exact) mass is 511 g/mol. The predicted octanol–water partition coefficient (Wildman–Crippen LogP) is 3.88. The van der Waals surface area contributed by atoms with Crippen LogP contribution >= 0.6 is 0 Å². The topological polar surface area (TPSA) is 86.8 Å². The van der Waals surface area contributed by atoms with E-state index >= 15 is 0 Å². The molecule has 7 nitrogen and oxygen atoms in total. The van der Waals surface area contributed by atoms with Crippen molar-refractivity contribution in [3.63, 3.8) is 0 Å². The van der Waals surface area contributed by atoms with E-state index in [1.807, 2.05) is 31.2 Å². The van der Waals surface area contributed by atoms with Crippen LogP contribution in [-0.2, 0) is 26.2 Å². The van der Waals surface area contributed by atoms with Crippen molar-refractivity contribution in [2.24, 2.45) is 0 Å². The van der Waals surface area contributed by atoms with E-state index in [0.717, 1.165) is 27.6 Å². The van der Waals surface area contributed by atoms with Gasteiger partial charge in [0.2, 0.25) is 11.8 Å². The van der Waals surface area contributed by atoms with Gasteiger partial charge in [-0.2, -0.15) is 0 Å². The minimum atomic E-state index is -4.17. The van der Waals surface area contributed by atoms with E-state index in [1.165, 1.54) is 29.2 Å². The number of nitrogens with zero attached hydrogens (tertiary/aromatic N) is 2. The number of sulfonamides is 1. The predicted molar refractivity (Wildman–Crippen MR) is 137 cm³/mol. The number of rotatable bonds is 10. The fourth-order valence-electron chi connectivity index (χ4n) is 3.77. The number of halogens is 1. The summed E-state index contributed by atoms with van der Waals surface area (Å²) in [7, 11) is -4.17. The minimum absolute atomic E-state index is 0.0101. The van der Waals surface area contributed by atoms with Crippen molar-refractivity contribution in [3.05, 3.63) is 95.8 Å². The second-order valence-electron chi connectivity index (χ2n) is 8.38. The third kappa shape index (κ3) is 6.48. The van der Waals surface area contributed by atoms with Crippen LogP contribution in [0.15, 0.2) is 83.8 Å². The van der Waals surface area contributed by atoms with Gasteiger partial charge in [0.05, 0.1) is 10.6 Å². The molecule has 0 saturated carbocycles. The molecule has 0 aliphatic rings. The van der Waals surface area contributed by atoms with Crippen molar-refractivity contribution in [1.82, 2.24) is 10.2 Å². The van der Waals surface area contributed by atoms with Crippen LogP contribution in [-0.4, -0.2) is 44.3 Å². The van der Waals surface area contributed by atoms with Crippen molar-refractivity contribution >= 4 is 27.5 Å². The van der Waals surface area contributed by atoms with E-state index in [1.54, 1.807) is 32.0 Å². The van der Waals surface area contributed by atoms with Gasteiger partial charge in [0, 0.05) is 13.1 Å². The first kappa shape index (κ1) is 26.9. The summed E-state index contributed by atoms with van der Waals surface area (Å²) in [4.78, 5) is 27.7. The van der Waals surface area contributed by atoms with Crippen molar-refractivity contribution in [1.29, 1.82) is 0 Å². The summed E-state index contributed by atoms with van der Waals surface area (Å²) < 4.78 is 41.7. The molecule has 0 fully saturated rings. The molecule has 9 heteroatoms. The second kappa shape index (κ2) is 11.8. The molecule has 0 aliphatic carbocycles. The van der Waals surface area contributed by atoms with Crippen molar-refractivity contribution < 1.29 is 22.4 Å². The average Bonchev–Trinajstić information content (AvgIpc) is 2.86. The maximum Gasteiger partial charge on any atom is 0.264 e. The Morgan fingerprint density at radius 2 is 1.64 bits per heavy atom. The molecule has 3 aromatic rings. The number of likely N-dealkylation sites (N-methyl/N-ethyl adjacent to an activating group) is 1. The van der Waals surface area contributed by atoms with Crippen LogP contribution in [0, 0.1) is 12.7 Å². The van der Waals surface area contributed by atoms with Crippen LogP contribution in [0.4, 0.5) is 10.1 Å². The molecule has 0 saturated heterocycles. The standard InChI is InChI=1S/C27H30FN3O4S/c1-4-29-27(33)21(3)30(18-22-10-8-9-20(2)17-22)26(32)19-31(24-15-13-23(28)14-16-24)36(34,35)25-11-6-5-7-12-25/h5-17,21H,4,18-19H2,1-3H3,(H,29,33). The zero-order chi connectivity index (χ0) is 26.3.